The average molecular weight is 335 g/mol. The SMILES string of the molecule is COCCN(CC(C)C)S(=O)(=O)c1c(C)csc1C(=O)O. The van der Waals surface area contributed by atoms with Gasteiger partial charge in [0.1, 0.15) is 9.77 Å². The van der Waals surface area contributed by atoms with E-state index in [1.165, 1.54) is 11.4 Å². The van der Waals surface area contributed by atoms with Gasteiger partial charge in [-0.2, -0.15) is 4.31 Å². The van der Waals surface area contributed by atoms with Crippen molar-refractivity contribution in [1.82, 2.24) is 4.31 Å². The zero-order valence-corrected chi connectivity index (χ0v) is 14.3. The standard InChI is InChI=1S/C13H21NO5S2/c1-9(2)7-14(5-6-19-4)21(17,18)12-10(3)8-20-11(12)13(15)16/h8-9H,5-7H2,1-4H3,(H,15,16). The lowest BCUT2D eigenvalue weighted by Gasteiger charge is -2.24. The largest absolute Gasteiger partial charge is 0.477 e. The van der Waals surface area contributed by atoms with E-state index in [4.69, 9.17) is 4.74 Å². The van der Waals surface area contributed by atoms with Crippen molar-refractivity contribution in [2.24, 2.45) is 5.92 Å². The Morgan fingerprint density at radius 3 is 2.57 bits per heavy atom. The summed E-state index contributed by atoms with van der Waals surface area (Å²) in [5.74, 6) is -1.09. The molecule has 0 aromatic carbocycles. The van der Waals surface area contributed by atoms with Crippen LogP contribution in [0.4, 0.5) is 0 Å². The highest BCUT2D eigenvalue weighted by atomic mass is 32.2. The average Bonchev–Trinajstić information content (AvgIpc) is 2.76. The number of sulfonamides is 1. The molecule has 1 aromatic rings. The highest BCUT2D eigenvalue weighted by Crippen LogP contribution is 2.29. The minimum Gasteiger partial charge on any atom is -0.477 e. The van der Waals surface area contributed by atoms with E-state index in [1.54, 1.807) is 12.3 Å². The number of nitrogens with zero attached hydrogens (tertiary/aromatic N) is 1. The van der Waals surface area contributed by atoms with Crippen LogP contribution in [-0.2, 0) is 14.8 Å². The third-order valence-electron chi connectivity index (χ3n) is 2.82. The Bertz CT molecular complexity index is 592. The van der Waals surface area contributed by atoms with Crippen molar-refractivity contribution in [2.45, 2.75) is 25.7 Å². The maximum Gasteiger partial charge on any atom is 0.347 e. The predicted molar refractivity (Wildman–Crippen MR) is 81.5 cm³/mol. The number of hydrogen-bond acceptors (Lipinski definition) is 5. The van der Waals surface area contributed by atoms with Gasteiger partial charge in [0.2, 0.25) is 10.0 Å². The van der Waals surface area contributed by atoms with Crippen molar-refractivity contribution in [3.05, 3.63) is 15.8 Å². The van der Waals surface area contributed by atoms with Gasteiger partial charge in [0.05, 0.1) is 6.61 Å². The van der Waals surface area contributed by atoms with Gasteiger partial charge < -0.3 is 9.84 Å². The number of thiophene rings is 1. The Morgan fingerprint density at radius 1 is 1.48 bits per heavy atom. The summed E-state index contributed by atoms with van der Waals surface area (Å²) in [6, 6.07) is 0. The van der Waals surface area contributed by atoms with Crippen molar-refractivity contribution < 1.29 is 23.1 Å². The van der Waals surface area contributed by atoms with Crippen LogP contribution in [-0.4, -0.2) is 50.6 Å². The molecule has 0 saturated carbocycles. The van der Waals surface area contributed by atoms with Gasteiger partial charge in [-0.3, -0.25) is 0 Å². The Kier molecular flexibility index (Phi) is 6.33. The van der Waals surface area contributed by atoms with E-state index in [0.717, 1.165) is 11.3 Å². The normalized spacial score (nSPS) is 12.3. The van der Waals surface area contributed by atoms with E-state index >= 15 is 0 Å². The molecule has 6 nitrogen and oxygen atoms in total. The van der Waals surface area contributed by atoms with Crippen molar-refractivity contribution in [3.8, 4) is 0 Å². The molecule has 0 atom stereocenters. The molecule has 0 aliphatic heterocycles. The van der Waals surface area contributed by atoms with Crippen LogP contribution in [0.3, 0.4) is 0 Å². The quantitative estimate of drug-likeness (QED) is 0.786. The van der Waals surface area contributed by atoms with Gasteiger partial charge in [-0.05, 0) is 23.8 Å². The molecule has 0 saturated heterocycles. The highest BCUT2D eigenvalue weighted by Gasteiger charge is 2.32. The van der Waals surface area contributed by atoms with Crippen molar-refractivity contribution in [3.63, 3.8) is 0 Å². The van der Waals surface area contributed by atoms with Crippen LogP contribution in [0.5, 0.6) is 0 Å². The third kappa shape index (κ3) is 4.26. The van der Waals surface area contributed by atoms with Crippen LogP contribution < -0.4 is 0 Å². The molecule has 1 rings (SSSR count). The summed E-state index contributed by atoms with van der Waals surface area (Å²) in [6.07, 6.45) is 0. The van der Waals surface area contributed by atoms with Crippen molar-refractivity contribution in [2.75, 3.05) is 26.8 Å². The molecule has 0 spiro atoms. The maximum absolute atomic E-state index is 12.8. The second-order valence-corrected chi connectivity index (χ2v) is 7.89. The summed E-state index contributed by atoms with van der Waals surface area (Å²) >= 11 is 0.935. The molecule has 0 bridgehead atoms. The second kappa shape index (κ2) is 7.35. The highest BCUT2D eigenvalue weighted by molar-refractivity contribution is 7.89. The molecule has 0 aliphatic rings. The fourth-order valence-electron chi connectivity index (χ4n) is 1.94. The fraction of sp³-hybridized carbons (Fsp3) is 0.615. The summed E-state index contributed by atoms with van der Waals surface area (Å²) in [6.45, 7) is 6.21. The monoisotopic (exact) mass is 335 g/mol. The molecule has 120 valence electrons. The first kappa shape index (κ1) is 18.1. The van der Waals surface area contributed by atoms with Crippen molar-refractivity contribution in [1.29, 1.82) is 0 Å². The van der Waals surface area contributed by atoms with Crippen LogP contribution in [0.25, 0.3) is 0 Å². The summed E-state index contributed by atoms with van der Waals surface area (Å²) in [4.78, 5) is 11.0. The molecule has 0 radical (unpaired) electrons. The van der Waals surface area contributed by atoms with Gasteiger partial charge in [0.15, 0.2) is 0 Å². The lowest BCUT2D eigenvalue weighted by atomic mass is 10.2. The van der Waals surface area contributed by atoms with Crippen molar-refractivity contribution >= 4 is 27.3 Å². The van der Waals surface area contributed by atoms with E-state index < -0.39 is 16.0 Å². The van der Waals surface area contributed by atoms with E-state index in [2.05, 4.69) is 0 Å². The predicted octanol–water partition coefficient (Wildman–Crippen LogP) is 2.05. The Hall–Kier alpha value is -0.960. The van der Waals surface area contributed by atoms with Crippen LogP contribution in [0, 0.1) is 12.8 Å². The number of hydrogen-bond donors (Lipinski definition) is 1. The number of rotatable bonds is 8. The van der Waals surface area contributed by atoms with E-state index in [9.17, 15) is 18.3 Å². The Balaban J connectivity index is 3.28. The summed E-state index contributed by atoms with van der Waals surface area (Å²) in [5.41, 5.74) is 0.462. The van der Waals surface area contributed by atoms with Crippen LogP contribution in [0.2, 0.25) is 0 Å². The van der Waals surface area contributed by atoms with E-state index in [0.29, 0.717) is 12.1 Å². The zero-order valence-electron chi connectivity index (χ0n) is 12.6. The van der Waals surface area contributed by atoms with Gasteiger partial charge in [-0.25, -0.2) is 13.2 Å². The van der Waals surface area contributed by atoms with E-state index in [1.807, 2.05) is 13.8 Å². The molecule has 0 unspecified atom stereocenters. The molecule has 1 N–H and O–H groups in total. The van der Waals surface area contributed by atoms with Gasteiger partial charge in [-0.15, -0.1) is 11.3 Å². The fourth-order valence-corrected chi connectivity index (χ4v) is 5.11. The van der Waals surface area contributed by atoms with E-state index in [-0.39, 0.29) is 28.8 Å². The molecule has 0 aliphatic carbocycles. The first-order chi connectivity index (χ1) is 9.71. The van der Waals surface area contributed by atoms with Crippen LogP contribution >= 0.6 is 11.3 Å². The maximum atomic E-state index is 12.8. The van der Waals surface area contributed by atoms with Gasteiger partial charge in [0, 0.05) is 20.2 Å². The number of aromatic carboxylic acids is 1. The topological polar surface area (TPSA) is 83.9 Å². The Morgan fingerprint density at radius 2 is 2.10 bits per heavy atom. The summed E-state index contributed by atoms with van der Waals surface area (Å²) in [7, 11) is -2.35. The first-order valence-corrected chi connectivity index (χ1v) is 8.84. The Labute approximate surface area is 129 Å². The molecule has 8 heteroatoms. The number of methoxy groups -OCH3 is 1. The zero-order chi connectivity index (χ0) is 16.2. The van der Waals surface area contributed by atoms with Crippen LogP contribution in [0.15, 0.2) is 10.3 Å². The number of carboxylic acids is 1. The number of aryl methyl sites for hydroxylation is 1. The molecule has 1 heterocycles. The van der Waals surface area contributed by atoms with Crippen LogP contribution in [0.1, 0.15) is 29.1 Å². The molecular weight excluding hydrogens is 314 g/mol. The smallest absolute Gasteiger partial charge is 0.347 e. The lowest BCUT2D eigenvalue weighted by molar-refractivity contribution is 0.0698. The number of ether oxygens (including phenoxy) is 1. The first-order valence-electron chi connectivity index (χ1n) is 6.52. The van der Waals surface area contributed by atoms with Gasteiger partial charge in [0.25, 0.3) is 0 Å². The molecular formula is C13H21NO5S2. The molecule has 1 aromatic heterocycles. The molecule has 0 fully saturated rings. The van der Waals surface area contributed by atoms with Gasteiger partial charge >= 0.3 is 5.97 Å². The lowest BCUT2D eigenvalue weighted by Crippen LogP contribution is -2.37. The number of carboxylic acid groups (broad SMARTS) is 1. The summed E-state index contributed by atoms with van der Waals surface area (Å²) in [5, 5.41) is 10.7. The second-order valence-electron chi connectivity index (χ2n) is 5.13. The number of carbonyl (C=O) groups is 1. The van der Waals surface area contributed by atoms with Gasteiger partial charge in [-0.1, -0.05) is 13.8 Å². The summed E-state index contributed by atoms with van der Waals surface area (Å²) < 4.78 is 31.8. The minimum atomic E-state index is -3.85. The molecule has 21 heavy (non-hydrogen) atoms. The third-order valence-corrected chi connectivity index (χ3v) is 6.09. The molecule has 0 amide bonds. The minimum absolute atomic E-state index is 0.100.